The van der Waals surface area contributed by atoms with E-state index in [1.807, 2.05) is 36.0 Å². The normalized spacial score (nSPS) is 14.1. The van der Waals surface area contributed by atoms with E-state index in [0.29, 0.717) is 13.0 Å². The van der Waals surface area contributed by atoms with E-state index in [4.69, 9.17) is 4.74 Å². The molecule has 2 aromatic carbocycles. The van der Waals surface area contributed by atoms with Gasteiger partial charge in [0, 0.05) is 43.2 Å². The average molecular weight is 371 g/mol. The van der Waals surface area contributed by atoms with Crippen LogP contribution in [0.5, 0.6) is 5.75 Å². The zero-order valence-electron chi connectivity index (χ0n) is 15.2. The second-order valence-electron chi connectivity index (χ2n) is 6.39. The van der Waals surface area contributed by atoms with E-state index in [-0.39, 0.29) is 5.91 Å². The van der Waals surface area contributed by atoms with Crippen LogP contribution in [0.1, 0.15) is 17.5 Å². The Morgan fingerprint density at radius 3 is 2.35 bits per heavy atom. The molecule has 1 saturated heterocycles. The van der Waals surface area contributed by atoms with Crippen LogP contribution in [0.4, 0.5) is 5.69 Å². The third-order valence-electron chi connectivity index (χ3n) is 4.60. The highest BCUT2D eigenvalue weighted by molar-refractivity contribution is 7.99. The molecule has 1 aliphatic rings. The van der Waals surface area contributed by atoms with Crippen molar-refractivity contribution in [1.82, 2.24) is 5.32 Å². The first-order chi connectivity index (χ1) is 12.7. The van der Waals surface area contributed by atoms with E-state index in [0.717, 1.165) is 36.4 Å². The first-order valence-corrected chi connectivity index (χ1v) is 10.2. The predicted octanol–water partition coefficient (Wildman–Crippen LogP) is 3.50. The maximum absolute atomic E-state index is 12.1. The molecule has 1 fully saturated rings. The molecule has 0 spiro atoms. The molecular weight excluding hydrogens is 344 g/mol. The molecule has 0 atom stereocenters. The number of amides is 1. The highest BCUT2D eigenvalue weighted by Crippen LogP contribution is 2.20. The van der Waals surface area contributed by atoms with Gasteiger partial charge in [-0.15, -0.1) is 0 Å². The molecule has 0 aromatic heterocycles. The maximum atomic E-state index is 12.1. The van der Waals surface area contributed by atoms with E-state index in [2.05, 4.69) is 34.5 Å². The first kappa shape index (κ1) is 18.6. The van der Waals surface area contributed by atoms with Crippen LogP contribution in [0.2, 0.25) is 0 Å². The average Bonchev–Trinajstić information content (AvgIpc) is 2.72. The van der Waals surface area contributed by atoms with Crippen molar-refractivity contribution in [1.29, 1.82) is 0 Å². The second kappa shape index (κ2) is 9.53. The van der Waals surface area contributed by atoms with Crippen molar-refractivity contribution in [3.05, 3.63) is 59.7 Å². The van der Waals surface area contributed by atoms with Gasteiger partial charge in [0.15, 0.2) is 0 Å². The summed E-state index contributed by atoms with van der Waals surface area (Å²) in [6.45, 7) is 2.82. The van der Waals surface area contributed by atoms with E-state index >= 15 is 0 Å². The van der Waals surface area contributed by atoms with Crippen molar-refractivity contribution in [2.75, 3.05) is 36.6 Å². The molecule has 3 rings (SSSR count). The third kappa shape index (κ3) is 5.43. The lowest BCUT2D eigenvalue weighted by molar-refractivity contribution is -0.121. The van der Waals surface area contributed by atoms with Gasteiger partial charge in [-0.1, -0.05) is 24.3 Å². The molecule has 5 heteroatoms. The van der Waals surface area contributed by atoms with Crippen LogP contribution in [0.25, 0.3) is 0 Å². The monoisotopic (exact) mass is 370 g/mol. The van der Waals surface area contributed by atoms with Crippen LogP contribution < -0.4 is 15.0 Å². The number of hydrogen-bond donors (Lipinski definition) is 1. The fourth-order valence-electron chi connectivity index (χ4n) is 2.99. The zero-order chi connectivity index (χ0) is 18.2. The van der Waals surface area contributed by atoms with Crippen LogP contribution in [0, 0.1) is 0 Å². The Morgan fingerprint density at radius 2 is 1.69 bits per heavy atom. The van der Waals surface area contributed by atoms with Gasteiger partial charge in [-0.05, 0) is 41.8 Å². The Kier molecular flexibility index (Phi) is 6.83. The van der Waals surface area contributed by atoms with E-state index in [1.54, 1.807) is 7.11 Å². The minimum Gasteiger partial charge on any atom is -0.497 e. The molecule has 1 amide bonds. The molecule has 0 aliphatic carbocycles. The number of methoxy groups -OCH3 is 1. The van der Waals surface area contributed by atoms with Crippen LogP contribution in [-0.4, -0.2) is 37.6 Å². The first-order valence-electron chi connectivity index (χ1n) is 9.06. The number of rotatable bonds is 7. The lowest BCUT2D eigenvalue weighted by atomic mass is 10.1. The summed E-state index contributed by atoms with van der Waals surface area (Å²) < 4.78 is 5.15. The lowest BCUT2D eigenvalue weighted by Gasteiger charge is -2.28. The summed E-state index contributed by atoms with van der Waals surface area (Å²) in [5.74, 6) is 3.32. The topological polar surface area (TPSA) is 41.6 Å². The second-order valence-corrected chi connectivity index (χ2v) is 7.62. The van der Waals surface area contributed by atoms with E-state index < -0.39 is 0 Å². The number of hydrogen-bond acceptors (Lipinski definition) is 4. The van der Waals surface area contributed by atoms with Crippen molar-refractivity contribution in [3.63, 3.8) is 0 Å². The molecule has 0 unspecified atom stereocenters. The van der Waals surface area contributed by atoms with Gasteiger partial charge in [-0.2, -0.15) is 11.8 Å². The Bertz CT molecular complexity index is 695. The third-order valence-corrected chi connectivity index (χ3v) is 5.54. The van der Waals surface area contributed by atoms with Crippen LogP contribution in [0.15, 0.2) is 48.5 Å². The van der Waals surface area contributed by atoms with Gasteiger partial charge in [-0.25, -0.2) is 0 Å². The number of carbonyl (C=O) groups is 1. The van der Waals surface area contributed by atoms with Crippen LogP contribution in [0.3, 0.4) is 0 Å². The summed E-state index contributed by atoms with van der Waals surface area (Å²) in [6.07, 6.45) is 1.23. The maximum Gasteiger partial charge on any atom is 0.220 e. The minimum atomic E-state index is 0.0814. The van der Waals surface area contributed by atoms with Crippen LogP contribution >= 0.6 is 11.8 Å². The number of nitrogens with zero attached hydrogens (tertiary/aromatic N) is 1. The highest BCUT2D eigenvalue weighted by atomic mass is 32.2. The number of aryl methyl sites for hydroxylation is 1. The van der Waals surface area contributed by atoms with E-state index in [1.165, 1.54) is 17.2 Å². The SMILES string of the molecule is COc1ccc(CCC(=O)NCc2ccc(N3CCSCC3)cc2)cc1. The van der Waals surface area contributed by atoms with Crippen molar-refractivity contribution >= 4 is 23.4 Å². The zero-order valence-corrected chi connectivity index (χ0v) is 16.1. The fourth-order valence-corrected chi connectivity index (χ4v) is 3.89. The number of nitrogens with one attached hydrogen (secondary N) is 1. The minimum absolute atomic E-state index is 0.0814. The summed E-state index contributed by atoms with van der Waals surface area (Å²) in [5.41, 5.74) is 3.56. The number of thioether (sulfide) groups is 1. The lowest BCUT2D eigenvalue weighted by Crippen LogP contribution is -2.32. The summed E-state index contributed by atoms with van der Waals surface area (Å²) in [5, 5.41) is 3.01. The summed E-state index contributed by atoms with van der Waals surface area (Å²) in [4.78, 5) is 14.5. The quantitative estimate of drug-likeness (QED) is 0.810. The van der Waals surface area contributed by atoms with E-state index in [9.17, 15) is 4.79 Å². The molecule has 4 nitrogen and oxygen atoms in total. The number of benzene rings is 2. The van der Waals surface area contributed by atoms with Crippen molar-refractivity contribution in [2.45, 2.75) is 19.4 Å². The molecule has 0 radical (unpaired) electrons. The van der Waals surface area contributed by atoms with Crippen molar-refractivity contribution in [3.8, 4) is 5.75 Å². The molecule has 1 aliphatic heterocycles. The van der Waals surface area contributed by atoms with Gasteiger partial charge in [0.25, 0.3) is 0 Å². The molecule has 0 saturated carbocycles. The predicted molar refractivity (Wildman–Crippen MR) is 109 cm³/mol. The Hall–Kier alpha value is -2.14. The van der Waals surface area contributed by atoms with Gasteiger partial charge >= 0.3 is 0 Å². The Labute approximate surface area is 159 Å². The van der Waals surface area contributed by atoms with Gasteiger partial charge in [-0.3, -0.25) is 4.79 Å². The largest absolute Gasteiger partial charge is 0.497 e. The number of anilines is 1. The van der Waals surface area contributed by atoms with Crippen molar-refractivity contribution < 1.29 is 9.53 Å². The molecule has 1 N–H and O–H groups in total. The summed E-state index contributed by atoms with van der Waals surface area (Å²) in [7, 11) is 1.65. The Morgan fingerprint density at radius 1 is 1.04 bits per heavy atom. The molecule has 0 bridgehead atoms. The van der Waals surface area contributed by atoms with Gasteiger partial charge in [0.05, 0.1) is 7.11 Å². The summed E-state index contributed by atoms with van der Waals surface area (Å²) in [6, 6.07) is 16.4. The summed E-state index contributed by atoms with van der Waals surface area (Å²) >= 11 is 2.02. The van der Waals surface area contributed by atoms with Gasteiger partial charge < -0.3 is 15.0 Å². The standard InChI is InChI=1S/C21H26N2O2S/c1-25-20-9-4-17(5-10-20)6-11-21(24)22-16-18-2-7-19(8-3-18)23-12-14-26-15-13-23/h2-5,7-10H,6,11-16H2,1H3,(H,22,24). The molecular formula is C21H26N2O2S. The molecule has 138 valence electrons. The number of carbonyl (C=O) groups excluding carboxylic acids is 1. The van der Waals surface area contributed by atoms with Crippen LogP contribution in [-0.2, 0) is 17.8 Å². The highest BCUT2D eigenvalue weighted by Gasteiger charge is 2.11. The smallest absolute Gasteiger partial charge is 0.220 e. The number of ether oxygens (including phenoxy) is 1. The molecule has 1 heterocycles. The fraction of sp³-hybridized carbons (Fsp3) is 0.381. The molecule has 26 heavy (non-hydrogen) atoms. The Balaban J connectivity index is 1.42. The van der Waals surface area contributed by atoms with Gasteiger partial charge in [0.2, 0.25) is 5.91 Å². The van der Waals surface area contributed by atoms with Crippen molar-refractivity contribution in [2.24, 2.45) is 0 Å². The van der Waals surface area contributed by atoms with Gasteiger partial charge in [0.1, 0.15) is 5.75 Å². The molecule has 2 aromatic rings.